The fourth-order valence-corrected chi connectivity index (χ4v) is 0.919. The Morgan fingerprint density at radius 3 is 2.55 bits per heavy atom. The lowest BCUT2D eigenvalue weighted by molar-refractivity contribution is -0.481. The van der Waals surface area contributed by atoms with Crippen molar-refractivity contribution in [1.29, 1.82) is 0 Å². The molecule has 0 aliphatic carbocycles. The summed E-state index contributed by atoms with van der Waals surface area (Å²) in [5.74, 6) is 0.235. The Kier molecular flexibility index (Phi) is 4.41. The number of ketones is 1. The summed E-state index contributed by atoms with van der Waals surface area (Å²) in [6.07, 6.45) is 0.945. The summed E-state index contributed by atoms with van der Waals surface area (Å²) in [5.41, 5.74) is 0. The van der Waals surface area contributed by atoms with Gasteiger partial charge < -0.3 is 4.79 Å². The highest BCUT2D eigenvalue weighted by atomic mass is 16.6. The molecule has 0 aliphatic rings. The average Bonchev–Trinajstić information content (AvgIpc) is 1.82. The summed E-state index contributed by atoms with van der Waals surface area (Å²) in [5, 5.41) is 9.91. The van der Waals surface area contributed by atoms with Crippen LogP contribution in [0, 0.1) is 16.0 Å². The minimum absolute atomic E-state index is 0.0333. The van der Waals surface area contributed by atoms with Gasteiger partial charge in [-0.25, -0.2) is 0 Å². The second-order valence-corrected chi connectivity index (χ2v) is 2.86. The van der Waals surface area contributed by atoms with Gasteiger partial charge in [0.15, 0.2) is 0 Å². The molecule has 0 aromatic carbocycles. The third-order valence-electron chi connectivity index (χ3n) is 1.44. The molecule has 64 valence electrons. The first-order chi connectivity index (χ1) is 5.02. The zero-order valence-electron chi connectivity index (χ0n) is 6.87. The van der Waals surface area contributed by atoms with Crippen molar-refractivity contribution in [3.05, 3.63) is 10.1 Å². The quantitative estimate of drug-likeness (QED) is 0.448. The number of hydrogen-bond acceptors (Lipinski definition) is 3. The predicted octanol–water partition coefficient (Wildman–Crippen LogP) is 1.27. The molecule has 0 amide bonds. The number of hydrogen-bond donors (Lipinski definition) is 0. The van der Waals surface area contributed by atoms with Gasteiger partial charge in [0.1, 0.15) is 5.78 Å². The minimum atomic E-state index is -0.351. The van der Waals surface area contributed by atoms with Gasteiger partial charge in [-0.05, 0) is 12.8 Å². The van der Waals surface area contributed by atoms with Crippen LogP contribution in [0.3, 0.4) is 0 Å². The van der Waals surface area contributed by atoms with Gasteiger partial charge in [-0.2, -0.15) is 0 Å². The van der Waals surface area contributed by atoms with E-state index in [4.69, 9.17) is 0 Å². The molecule has 0 N–H and O–H groups in total. The van der Waals surface area contributed by atoms with Gasteiger partial charge in [-0.3, -0.25) is 10.1 Å². The summed E-state index contributed by atoms with van der Waals surface area (Å²) >= 11 is 0. The molecule has 0 radical (unpaired) electrons. The first-order valence-corrected chi connectivity index (χ1v) is 3.63. The maximum Gasteiger partial charge on any atom is 0.204 e. The van der Waals surface area contributed by atoms with Gasteiger partial charge in [-0.1, -0.05) is 6.92 Å². The molecule has 1 atom stereocenters. The van der Waals surface area contributed by atoms with E-state index in [1.165, 1.54) is 6.92 Å². The first-order valence-electron chi connectivity index (χ1n) is 3.63. The molecule has 11 heavy (non-hydrogen) atoms. The second kappa shape index (κ2) is 4.82. The van der Waals surface area contributed by atoms with Crippen LogP contribution in [0.2, 0.25) is 0 Å². The van der Waals surface area contributed by atoms with Crippen LogP contribution in [0.5, 0.6) is 0 Å². The van der Waals surface area contributed by atoms with Crippen molar-refractivity contribution in [2.45, 2.75) is 26.7 Å². The van der Waals surface area contributed by atoms with Crippen molar-refractivity contribution < 1.29 is 9.72 Å². The van der Waals surface area contributed by atoms with Gasteiger partial charge in [0.25, 0.3) is 0 Å². The van der Waals surface area contributed by atoms with E-state index in [-0.39, 0.29) is 23.2 Å². The number of carbonyl (C=O) groups excluding carboxylic acids is 1. The van der Waals surface area contributed by atoms with Gasteiger partial charge >= 0.3 is 0 Å². The molecule has 0 aromatic rings. The maximum atomic E-state index is 10.5. The van der Waals surface area contributed by atoms with Gasteiger partial charge in [0, 0.05) is 17.8 Å². The summed E-state index contributed by atoms with van der Waals surface area (Å²) in [7, 11) is 0. The van der Waals surface area contributed by atoms with E-state index in [1.807, 2.05) is 6.92 Å². The Labute approximate surface area is 65.7 Å². The molecule has 0 rings (SSSR count). The van der Waals surface area contributed by atoms with E-state index in [0.717, 1.165) is 0 Å². The topological polar surface area (TPSA) is 60.2 Å². The Morgan fingerprint density at radius 2 is 2.18 bits per heavy atom. The molecular formula is C7H13NO3. The lowest BCUT2D eigenvalue weighted by atomic mass is 10.0. The van der Waals surface area contributed by atoms with Gasteiger partial charge in [0.05, 0.1) is 0 Å². The van der Waals surface area contributed by atoms with Crippen molar-refractivity contribution in [2.24, 2.45) is 5.92 Å². The standard InChI is InChI=1S/C7H13NO3/c1-6(5-7(2)9)3-4-8(10)11/h6H,3-5H2,1-2H3. The lowest BCUT2D eigenvalue weighted by Gasteiger charge is -2.04. The summed E-state index contributed by atoms with van der Waals surface area (Å²) in [4.78, 5) is 20.1. The van der Waals surface area contributed by atoms with Crippen molar-refractivity contribution in [1.82, 2.24) is 0 Å². The Bertz CT molecular complexity index is 156. The van der Waals surface area contributed by atoms with Crippen molar-refractivity contribution in [2.75, 3.05) is 6.54 Å². The largest absolute Gasteiger partial charge is 0.300 e. The molecule has 4 nitrogen and oxygen atoms in total. The first kappa shape index (κ1) is 10.1. The second-order valence-electron chi connectivity index (χ2n) is 2.86. The van der Waals surface area contributed by atoms with Crippen LogP contribution in [-0.2, 0) is 4.79 Å². The molecule has 0 saturated carbocycles. The Morgan fingerprint density at radius 1 is 1.64 bits per heavy atom. The number of carbonyl (C=O) groups is 1. The molecular weight excluding hydrogens is 146 g/mol. The molecule has 0 saturated heterocycles. The maximum absolute atomic E-state index is 10.5. The third kappa shape index (κ3) is 6.96. The third-order valence-corrected chi connectivity index (χ3v) is 1.44. The van der Waals surface area contributed by atoms with Gasteiger partial charge in [-0.15, -0.1) is 0 Å². The smallest absolute Gasteiger partial charge is 0.204 e. The highest BCUT2D eigenvalue weighted by Gasteiger charge is 2.08. The van der Waals surface area contributed by atoms with Crippen LogP contribution in [0.4, 0.5) is 0 Å². The highest BCUT2D eigenvalue weighted by molar-refractivity contribution is 5.75. The Balaban J connectivity index is 3.44. The average molecular weight is 159 g/mol. The monoisotopic (exact) mass is 159 g/mol. The van der Waals surface area contributed by atoms with E-state index in [0.29, 0.717) is 12.8 Å². The fraction of sp³-hybridized carbons (Fsp3) is 0.857. The van der Waals surface area contributed by atoms with Crippen LogP contribution in [0.15, 0.2) is 0 Å². The van der Waals surface area contributed by atoms with Gasteiger partial charge in [0.2, 0.25) is 6.54 Å². The van der Waals surface area contributed by atoms with Crippen LogP contribution in [-0.4, -0.2) is 17.3 Å². The van der Waals surface area contributed by atoms with E-state index in [2.05, 4.69) is 0 Å². The molecule has 0 spiro atoms. The van der Waals surface area contributed by atoms with Crippen LogP contribution >= 0.6 is 0 Å². The van der Waals surface area contributed by atoms with E-state index >= 15 is 0 Å². The van der Waals surface area contributed by atoms with E-state index in [1.54, 1.807) is 0 Å². The molecule has 0 bridgehead atoms. The van der Waals surface area contributed by atoms with Crippen molar-refractivity contribution in [3.63, 3.8) is 0 Å². The Hall–Kier alpha value is -0.930. The number of nitrogens with zero attached hydrogens (tertiary/aromatic N) is 1. The normalized spacial score (nSPS) is 12.5. The number of Topliss-reactive ketones (excluding diaryl/α,β-unsaturated/α-hetero) is 1. The van der Waals surface area contributed by atoms with E-state index in [9.17, 15) is 14.9 Å². The van der Waals surface area contributed by atoms with Crippen molar-refractivity contribution in [3.8, 4) is 0 Å². The molecule has 4 heteroatoms. The number of rotatable bonds is 5. The van der Waals surface area contributed by atoms with Crippen molar-refractivity contribution >= 4 is 5.78 Å². The van der Waals surface area contributed by atoms with Crippen LogP contribution < -0.4 is 0 Å². The van der Waals surface area contributed by atoms with E-state index < -0.39 is 0 Å². The zero-order valence-corrected chi connectivity index (χ0v) is 6.87. The summed E-state index contributed by atoms with van der Waals surface area (Å²) in [6.45, 7) is 3.32. The van der Waals surface area contributed by atoms with Crippen LogP contribution in [0.25, 0.3) is 0 Å². The predicted molar refractivity (Wildman–Crippen MR) is 40.9 cm³/mol. The molecule has 0 fully saturated rings. The lowest BCUT2D eigenvalue weighted by Crippen LogP contribution is -2.08. The molecule has 1 unspecified atom stereocenters. The molecule has 0 aliphatic heterocycles. The zero-order chi connectivity index (χ0) is 8.85. The summed E-state index contributed by atoms with van der Waals surface area (Å²) in [6, 6.07) is 0. The minimum Gasteiger partial charge on any atom is -0.300 e. The molecule has 0 heterocycles. The SMILES string of the molecule is CC(=O)CC(C)CC[N+](=O)[O-]. The molecule has 0 aromatic heterocycles. The van der Waals surface area contributed by atoms with Crippen LogP contribution in [0.1, 0.15) is 26.7 Å². The summed E-state index contributed by atoms with van der Waals surface area (Å²) < 4.78 is 0. The highest BCUT2D eigenvalue weighted by Crippen LogP contribution is 2.06. The fourth-order valence-electron chi connectivity index (χ4n) is 0.919. The number of nitro groups is 1.